The summed E-state index contributed by atoms with van der Waals surface area (Å²) in [6.07, 6.45) is 3.61. The molecule has 0 radical (unpaired) electrons. The van der Waals surface area contributed by atoms with Gasteiger partial charge in [-0.3, -0.25) is 4.79 Å². The van der Waals surface area contributed by atoms with E-state index in [0.29, 0.717) is 17.4 Å². The smallest absolute Gasteiger partial charge is 0.254 e. The van der Waals surface area contributed by atoms with Crippen LogP contribution in [0.3, 0.4) is 0 Å². The highest BCUT2D eigenvalue weighted by Crippen LogP contribution is 2.24. The Hall–Kier alpha value is -1.86. The van der Waals surface area contributed by atoms with Gasteiger partial charge in [0.1, 0.15) is 10.8 Å². The normalized spacial score (nSPS) is 20.8. The van der Waals surface area contributed by atoms with Gasteiger partial charge in [0, 0.05) is 30.1 Å². The van der Waals surface area contributed by atoms with Crippen LogP contribution in [-0.4, -0.2) is 34.7 Å². The zero-order valence-corrected chi connectivity index (χ0v) is 14.7. The molecule has 1 aliphatic heterocycles. The van der Waals surface area contributed by atoms with Crippen molar-refractivity contribution in [1.82, 2.24) is 20.8 Å². The van der Waals surface area contributed by atoms with Crippen molar-refractivity contribution in [2.75, 3.05) is 6.54 Å². The fourth-order valence-electron chi connectivity index (χ4n) is 2.83. The molecule has 7 heteroatoms. The van der Waals surface area contributed by atoms with Gasteiger partial charge in [-0.15, -0.1) is 0 Å². The van der Waals surface area contributed by atoms with Crippen LogP contribution in [0.15, 0.2) is 33.9 Å². The van der Waals surface area contributed by atoms with Crippen LogP contribution in [0.2, 0.25) is 0 Å². The van der Waals surface area contributed by atoms with E-state index < -0.39 is 0 Å². The predicted octanol–water partition coefficient (Wildman–Crippen LogP) is 2.54. The molecule has 2 aromatic heterocycles. The number of aryl methyl sites for hydroxylation is 1. The largest absolute Gasteiger partial charge is 0.361 e. The van der Waals surface area contributed by atoms with E-state index in [1.54, 1.807) is 12.3 Å². The summed E-state index contributed by atoms with van der Waals surface area (Å²) >= 11 is 1.50. The van der Waals surface area contributed by atoms with Crippen molar-refractivity contribution in [3.8, 4) is 0 Å². The van der Waals surface area contributed by atoms with Crippen molar-refractivity contribution >= 4 is 17.7 Å². The summed E-state index contributed by atoms with van der Waals surface area (Å²) in [4.78, 5) is 17.0. The van der Waals surface area contributed by atoms with Crippen LogP contribution < -0.4 is 10.6 Å². The summed E-state index contributed by atoms with van der Waals surface area (Å²) < 4.78 is 5.07. The molecule has 2 N–H and O–H groups in total. The van der Waals surface area contributed by atoms with Crippen molar-refractivity contribution in [3.05, 3.63) is 41.4 Å². The molecule has 0 spiro atoms. The van der Waals surface area contributed by atoms with Gasteiger partial charge in [0.15, 0.2) is 0 Å². The first-order chi connectivity index (χ1) is 11.6. The Balaban J connectivity index is 1.65. The van der Waals surface area contributed by atoms with Crippen molar-refractivity contribution < 1.29 is 9.32 Å². The number of thioether (sulfide) groups is 1. The maximum atomic E-state index is 12.6. The molecule has 2 unspecified atom stereocenters. The number of hydrogen-bond donors (Lipinski definition) is 2. The number of rotatable bonds is 5. The highest BCUT2D eigenvalue weighted by molar-refractivity contribution is 7.98. The van der Waals surface area contributed by atoms with E-state index in [-0.39, 0.29) is 11.9 Å². The van der Waals surface area contributed by atoms with Gasteiger partial charge in [-0.2, -0.15) is 0 Å². The zero-order valence-electron chi connectivity index (χ0n) is 13.9. The maximum absolute atomic E-state index is 12.6. The third-order valence-corrected chi connectivity index (χ3v) is 5.05. The molecule has 0 aliphatic carbocycles. The van der Waals surface area contributed by atoms with E-state index >= 15 is 0 Å². The number of pyridine rings is 1. The van der Waals surface area contributed by atoms with Gasteiger partial charge < -0.3 is 15.2 Å². The summed E-state index contributed by atoms with van der Waals surface area (Å²) in [6, 6.07) is 6.16. The molecule has 3 heterocycles. The fraction of sp³-hybridized carbons (Fsp3) is 0.471. The fourth-order valence-corrected chi connectivity index (χ4v) is 3.71. The number of carbonyl (C=O) groups excluding carboxylic acids is 1. The highest BCUT2D eigenvalue weighted by atomic mass is 32.2. The Labute approximate surface area is 145 Å². The van der Waals surface area contributed by atoms with Gasteiger partial charge >= 0.3 is 0 Å². The molecule has 0 bridgehead atoms. The number of carbonyl (C=O) groups is 1. The third kappa shape index (κ3) is 4.36. The molecule has 2 aromatic rings. The lowest BCUT2D eigenvalue weighted by atomic mass is 10.0. The summed E-state index contributed by atoms with van der Waals surface area (Å²) in [7, 11) is 0. The van der Waals surface area contributed by atoms with Gasteiger partial charge in [0.2, 0.25) is 0 Å². The highest BCUT2D eigenvalue weighted by Gasteiger charge is 2.22. The average molecular weight is 346 g/mol. The first-order valence-electron chi connectivity index (χ1n) is 8.16. The van der Waals surface area contributed by atoms with Gasteiger partial charge in [-0.05, 0) is 45.4 Å². The minimum absolute atomic E-state index is 0.0546. The molecule has 1 amide bonds. The van der Waals surface area contributed by atoms with Gasteiger partial charge in [0.05, 0.1) is 11.3 Å². The van der Waals surface area contributed by atoms with Gasteiger partial charge in [-0.1, -0.05) is 16.9 Å². The second-order valence-electron chi connectivity index (χ2n) is 6.12. The minimum Gasteiger partial charge on any atom is -0.361 e. The summed E-state index contributed by atoms with van der Waals surface area (Å²) in [5.41, 5.74) is 1.47. The standard InChI is InChI=1S/C17H22N4O2S/c1-11-8-13(5-7-18-11)20-16(22)15-4-3-6-19-17(15)24-10-14-9-12(2)23-21-14/h3-4,6,9,11,13,18H,5,7-8,10H2,1-2H3,(H,20,22). The van der Waals surface area contributed by atoms with Gasteiger partial charge in [0.25, 0.3) is 5.91 Å². The number of nitrogens with zero attached hydrogens (tertiary/aromatic N) is 2. The molecule has 128 valence electrons. The van der Waals surface area contributed by atoms with Crippen LogP contribution in [-0.2, 0) is 5.75 Å². The van der Waals surface area contributed by atoms with E-state index in [9.17, 15) is 4.79 Å². The van der Waals surface area contributed by atoms with Crippen LogP contribution >= 0.6 is 11.8 Å². The first-order valence-corrected chi connectivity index (χ1v) is 9.14. The van der Waals surface area contributed by atoms with Crippen molar-refractivity contribution in [3.63, 3.8) is 0 Å². The number of piperidine rings is 1. The molecule has 3 rings (SSSR count). The van der Waals surface area contributed by atoms with E-state index in [1.165, 1.54) is 11.8 Å². The molecule has 1 aliphatic rings. The number of nitrogens with one attached hydrogen (secondary N) is 2. The Morgan fingerprint density at radius 1 is 1.54 bits per heavy atom. The summed E-state index contributed by atoms with van der Waals surface area (Å²) in [5, 5.41) is 11.2. The Bertz CT molecular complexity index is 703. The summed E-state index contributed by atoms with van der Waals surface area (Å²) in [5.74, 6) is 1.35. The summed E-state index contributed by atoms with van der Waals surface area (Å²) in [6.45, 7) is 4.94. The Morgan fingerprint density at radius 3 is 3.17 bits per heavy atom. The van der Waals surface area contributed by atoms with Gasteiger partial charge in [-0.25, -0.2) is 4.98 Å². The monoisotopic (exact) mass is 346 g/mol. The number of hydrogen-bond acceptors (Lipinski definition) is 6. The van der Waals surface area contributed by atoms with E-state index in [2.05, 4.69) is 27.7 Å². The SMILES string of the molecule is Cc1cc(CSc2ncccc2C(=O)NC2CCNC(C)C2)no1. The second-order valence-corrected chi connectivity index (χ2v) is 7.09. The minimum atomic E-state index is -0.0546. The van der Waals surface area contributed by atoms with E-state index in [0.717, 1.165) is 35.9 Å². The van der Waals surface area contributed by atoms with Crippen molar-refractivity contribution in [1.29, 1.82) is 0 Å². The quantitative estimate of drug-likeness (QED) is 0.810. The van der Waals surface area contributed by atoms with E-state index in [4.69, 9.17) is 4.52 Å². The van der Waals surface area contributed by atoms with Crippen molar-refractivity contribution in [2.24, 2.45) is 0 Å². The second kappa shape index (κ2) is 7.81. The third-order valence-electron chi connectivity index (χ3n) is 4.01. The molecule has 1 saturated heterocycles. The number of aromatic nitrogens is 2. The lowest BCUT2D eigenvalue weighted by Crippen LogP contribution is -2.46. The van der Waals surface area contributed by atoms with Crippen molar-refractivity contribution in [2.45, 2.75) is 49.6 Å². The average Bonchev–Trinajstić information content (AvgIpc) is 2.99. The topological polar surface area (TPSA) is 80.0 Å². The zero-order chi connectivity index (χ0) is 16.9. The molecule has 2 atom stereocenters. The Morgan fingerprint density at radius 2 is 2.42 bits per heavy atom. The van der Waals surface area contributed by atoms with Crippen LogP contribution in [0.4, 0.5) is 0 Å². The molecule has 1 fully saturated rings. The maximum Gasteiger partial charge on any atom is 0.254 e. The first kappa shape index (κ1) is 17.0. The lowest BCUT2D eigenvalue weighted by molar-refractivity contribution is 0.0922. The van der Waals surface area contributed by atoms with Crippen LogP contribution in [0.25, 0.3) is 0 Å². The lowest BCUT2D eigenvalue weighted by Gasteiger charge is -2.28. The number of amides is 1. The van der Waals surface area contributed by atoms with Crippen LogP contribution in [0, 0.1) is 6.92 Å². The molecule has 0 aromatic carbocycles. The molecular formula is C17H22N4O2S. The molecule has 6 nitrogen and oxygen atoms in total. The van der Waals surface area contributed by atoms with Crippen LogP contribution in [0.5, 0.6) is 0 Å². The predicted molar refractivity (Wildman–Crippen MR) is 93.0 cm³/mol. The Kier molecular flexibility index (Phi) is 5.52. The molecule has 24 heavy (non-hydrogen) atoms. The van der Waals surface area contributed by atoms with E-state index in [1.807, 2.05) is 19.1 Å². The molecular weight excluding hydrogens is 324 g/mol. The van der Waals surface area contributed by atoms with Crippen LogP contribution in [0.1, 0.15) is 41.6 Å². The molecule has 0 saturated carbocycles.